The summed E-state index contributed by atoms with van der Waals surface area (Å²) in [6, 6.07) is 17.4. The number of phenols is 1. The van der Waals surface area contributed by atoms with Crippen molar-refractivity contribution in [1.82, 2.24) is 5.43 Å². The second-order valence-corrected chi connectivity index (χ2v) is 7.30. The van der Waals surface area contributed by atoms with Crippen molar-refractivity contribution in [3.8, 4) is 5.75 Å². The number of carbonyl (C=O) groups excluding carboxylic acids is 1. The number of hydrogen-bond donors (Lipinski definition) is 3. The number of nitrogens with one attached hydrogen (secondary N) is 2. The van der Waals surface area contributed by atoms with Crippen molar-refractivity contribution >= 4 is 60.4 Å². The van der Waals surface area contributed by atoms with Crippen molar-refractivity contribution in [3.05, 3.63) is 69.1 Å². The van der Waals surface area contributed by atoms with Crippen LogP contribution < -0.4 is 10.7 Å². The van der Waals surface area contributed by atoms with Gasteiger partial charge in [0.15, 0.2) is 0 Å². The number of halogens is 2. The number of rotatable bonds is 5. The first-order valence-corrected chi connectivity index (χ1v) is 9.34. The molecule has 26 heavy (non-hydrogen) atoms. The van der Waals surface area contributed by atoms with Gasteiger partial charge in [-0.25, -0.2) is 5.43 Å². The van der Waals surface area contributed by atoms with Crippen LogP contribution in [0.2, 0.25) is 0 Å². The molecule has 0 aromatic heterocycles. The maximum Gasteiger partial charge on any atom is 0.259 e. The summed E-state index contributed by atoms with van der Waals surface area (Å²) in [6.45, 7) is 0.0871. The third-order valence-corrected chi connectivity index (χ3v) is 4.72. The van der Waals surface area contributed by atoms with E-state index in [9.17, 15) is 9.90 Å². The number of benzene rings is 3. The monoisotopic (exact) mass is 475 g/mol. The Morgan fingerprint density at radius 3 is 2.65 bits per heavy atom. The van der Waals surface area contributed by atoms with Gasteiger partial charge in [0.05, 0.1) is 17.2 Å². The molecule has 3 aromatic rings. The van der Waals surface area contributed by atoms with Gasteiger partial charge in [-0.3, -0.25) is 4.79 Å². The topological polar surface area (TPSA) is 73.7 Å². The molecule has 0 bridgehead atoms. The van der Waals surface area contributed by atoms with Crippen LogP contribution >= 0.6 is 31.9 Å². The van der Waals surface area contributed by atoms with Gasteiger partial charge in [0.25, 0.3) is 5.91 Å². The lowest BCUT2D eigenvalue weighted by atomic mass is 10.1. The van der Waals surface area contributed by atoms with Gasteiger partial charge < -0.3 is 10.4 Å². The van der Waals surface area contributed by atoms with E-state index in [1.807, 2.05) is 42.5 Å². The summed E-state index contributed by atoms with van der Waals surface area (Å²) in [5, 5.41) is 19.1. The number of nitrogens with zero attached hydrogens (tertiary/aromatic N) is 1. The van der Waals surface area contributed by atoms with Gasteiger partial charge >= 0.3 is 0 Å². The molecule has 3 aromatic carbocycles. The highest BCUT2D eigenvalue weighted by Gasteiger charge is 2.06. The van der Waals surface area contributed by atoms with E-state index in [-0.39, 0.29) is 18.2 Å². The van der Waals surface area contributed by atoms with E-state index in [1.165, 1.54) is 6.21 Å². The first kappa shape index (κ1) is 18.4. The van der Waals surface area contributed by atoms with Gasteiger partial charge in [-0.15, -0.1) is 0 Å². The van der Waals surface area contributed by atoms with Crippen LogP contribution in [0.4, 0.5) is 5.69 Å². The SMILES string of the molecule is O=C(CNc1ccc2ccccc2c1)N/N=C\c1cc(Br)cc(Br)c1O. The Balaban J connectivity index is 1.57. The zero-order chi connectivity index (χ0) is 18.5. The summed E-state index contributed by atoms with van der Waals surface area (Å²) in [5.74, 6) is -0.233. The molecule has 0 aliphatic rings. The number of aromatic hydroxyl groups is 1. The minimum Gasteiger partial charge on any atom is -0.506 e. The maximum absolute atomic E-state index is 11.9. The number of fused-ring (bicyclic) bond motifs is 1. The number of hydrazone groups is 1. The van der Waals surface area contributed by atoms with Crippen LogP contribution in [0.5, 0.6) is 5.75 Å². The zero-order valence-corrected chi connectivity index (χ0v) is 16.7. The second kappa shape index (κ2) is 8.33. The lowest BCUT2D eigenvalue weighted by molar-refractivity contribution is -0.119. The predicted molar refractivity (Wildman–Crippen MR) is 112 cm³/mol. The lowest BCUT2D eigenvalue weighted by Crippen LogP contribution is -2.25. The molecule has 0 saturated heterocycles. The Morgan fingerprint density at radius 2 is 1.85 bits per heavy atom. The summed E-state index contributed by atoms with van der Waals surface area (Å²) in [5.41, 5.74) is 3.77. The second-order valence-electron chi connectivity index (χ2n) is 5.53. The predicted octanol–water partition coefficient (Wildman–Crippen LogP) is 4.63. The smallest absolute Gasteiger partial charge is 0.259 e. The van der Waals surface area contributed by atoms with Crippen molar-refractivity contribution in [2.75, 3.05) is 11.9 Å². The van der Waals surface area contributed by atoms with E-state index >= 15 is 0 Å². The molecular formula is C19H15Br2N3O2. The molecule has 132 valence electrons. The molecule has 0 atom stereocenters. The first-order valence-electron chi connectivity index (χ1n) is 7.75. The molecule has 0 radical (unpaired) electrons. The molecular weight excluding hydrogens is 462 g/mol. The number of phenolic OH excluding ortho intramolecular Hbond substituents is 1. The average Bonchev–Trinajstić information content (AvgIpc) is 2.63. The van der Waals surface area contributed by atoms with Crippen LogP contribution in [0.1, 0.15) is 5.56 Å². The Kier molecular flexibility index (Phi) is 5.90. The number of carbonyl (C=O) groups is 1. The number of amides is 1. The molecule has 0 fully saturated rings. The summed E-state index contributed by atoms with van der Waals surface area (Å²) in [7, 11) is 0. The molecule has 0 saturated carbocycles. The average molecular weight is 477 g/mol. The van der Waals surface area contributed by atoms with Gasteiger partial charge in [-0.1, -0.05) is 46.3 Å². The van der Waals surface area contributed by atoms with Crippen LogP contribution in [0, 0.1) is 0 Å². The van der Waals surface area contributed by atoms with Crippen LogP contribution in [0.15, 0.2) is 68.6 Å². The molecule has 7 heteroatoms. The first-order chi connectivity index (χ1) is 12.5. The van der Waals surface area contributed by atoms with Gasteiger partial charge in [0, 0.05) is 15.7 Å². The Labute approximate surface area is 167 Å². The highest BCUT2D eigenvalue weighted by atomic mass is 79.9. The van der Waals surface area contributed by atoms with Crippen molar-refractivity contribution < 1.29 is 9.90 Å². The van der Waals surface area contributed by atoms with E-state index in [0.29, 0.717) is 10.0 Å². The van der Waals surface area contributed by atoms with Crippen molar-refractivity contribution in [3.63, 3.8) is 0 Å². The Morgan fingerprint density at radius 1 is 1.08 bits per heavy atom. The maximum atomic E-state index is 11.9. The minimum absolute atomic E-state index is 0.0560. The van der Waals surface area contributed by atoms with E-state index in [0.717, 1.165) is 20.9 Å². The van der Waals surface area contributed by atoms with E-state index in [2.05, 4.69) is 47.7 Å². The van der Waals surface area contributed by atoms with Crippen molar-refractivity contribution in [2.24, 2.45) is 5.10 Å². The molecule has 0 aliphatic carbocycles. The van der Waals surface area contributed by atoms with E-state index < -0.39 is 0 Å². The lowest BCUT2D eigenvalue weighted by Gasteiger charge is -2.07. The van der Waals surface area contributed by atoms with Crippen molar-refractivity contribution in [1.29, 1.82) is 0 Å². The standard InChI is InChI=1S/C19H15Br2N3O2/c20-15-7-14(19(26)17(21)9-15)10-23-24-18(25)11-22-16-6-5-12-3-1-2-4-13(12)8-16/h1-10,22,26H,11H2,(H,24,25)/b23-10-. The zero-order valence-electron chi connectivity index (χ0n) is 13.5. The van der Waals surface area contributed by atoms with Crippen LogP contribution in [-0.4, -0.2) is 23.8 Å². The fourth-order valence-electron chi connectivity index (χ4n) is 2.38. The normalized spacial score (nSPS) is 11.0. The van der Waals surface area contributed by atoms with Gasteiger partial charge in [-0.2, -0.15) is 5.10 Å². The quantitative estimate of drug-likeness (QED) is 0.371. The largest absolute Gasteiger partial charge is 0.506 e. The van der Waals surface area contributed by atoms with Gasteiger partial charge in [0.1, 0.15) is 5.75 Å². The highest BCUT2D eigenvalue weighted by molar-refractivity contribution is 9.11. The fraction of sp³-hybridized carbons (Fsp3) is 0.0526. The summed E-state index contributed by atoms with van der Waals surface area (Å²) in [6.07, 6.45) is 1.39. The molecule has 3 rings (SSSR count). The third-order valence-electron chi connectivity index (χ3n) is 3.65. The van der Waals surface area contributed by atoms with E-state index in [4.69, 9.17) is 0 Å². The molecule has 3 N–H and O–H groups in total. The Bertz CT molecular complexity index is 990. The van der Waals surface area contributed by atoms with Gasteiger partial charge in [-0.05, 0) is 51.0 Å². The summed E-state index contributed by atoms with van der Waals surface area (Å²) >= 11 is 6.58. The molecule has 1 amide bonds. The molecule has 0 unspecified atom stereocenters. The molecule has 0 aliphatic heterocycles. The van der Waals surface area contributed by atoms with Crippen LogP contribution in [0.3, 0.4) is 0 Å². The molecule has 5 nitrogen and oxygen atoms in total. The van der Waals surface area contributed by atoms with Crippen LogP contribution in [-0.2, 0) is 4.79 Å². The van der Waals surface area contributed by atoms with Crippen molar-refractivity contribution in [2.45, 2.75) is 0 Å². The fourth-order valence-corrected chi connectivity index (χ4v) is 3.64. The molecule has 0 spiro atoms. The highest BCUT2D eigenvalue weighted by Crippen LogP contribution is 2.30. The summed E-state index contributed by atoms with van der Waals surface area (Å²) < 4.78 is 1.32. The third kappa shape index (κ3) is 4.62. The summed E-state index contributed by atoms with van der Waals surface area (Å²) in [4.78, 5) is 11.9. The minimum atomic E-state index is -0.289. The number of hydrogen-bond acceptors (Lipinski definition) is 4. The van der Waals surface area contributed by atoms with Gasteiger partial charge in [0.2, 0.25) is 0 Å². The van der Waals surface area contributed by atoms with E-state index in [1.54, 1.807) is 12.1 Å². The Hall–Kier alpha value is -2.38. The molecule has 0 heterocycles. The number of anilines is 1. The van der Waals surface area contributed by atoms with Crippen LogP contribution in [0.25, 0.3) is 10.8 Å².